The molecule has 0 amide bonds. The summed E-state index contributed by atoms with van der Waals surface area (Å²) in [5.74, 6) is 0. The number of hydrogen-bond acceptors (Lipinski definition) is 3. The van der Waals surface area contributed by atoms with E-state index < -0.39 is 10.1 Å². The first kappa shape index (κ1) is 11.4. The zero-order valence-corrected chi connectivity index (χ0v) is 6.06. The molecular weight excluding hydrogens is 142 g/mol. The fourth-order valence-electron chi connectivity index (χ4n) is 0. The van der Waals surface area contributed by atoms with Gasteiger partial charge in [0, 0.05) is 6.54 Å². The first-order chi connectivity index (χ1) is 3.91. The topological polar surface area (TPSA) is 80.4 Å². The molecular formula is C4H11NO3S. The number of nitrogens with two attached hydrogens (primary N) is 1. The van der Waals surface area contributed by atoms with Crippen LogP contribution in [-0.2, 0) is 10.1 Å². The molecule has 0 aliphatic rings. The largest absolute Gasteiger partial charge is 0.327 e. The maximum Gasteiger partial charge on any atom is 0.261 e. The van der Waals surface area contributed by atoms with E-state index in [2.05, 4.69) is 6.58 Å². The van der Waals surface area contributed by atoms with Gasteiger partial charge >= 0.3 is 0 Å². The highest BCUT2D eigenvalue weighted by molar-refractivity contribution is 7.85. The van der Waals surface area contributed by atoms with Gasteiger partial charge in [-0.25, -0.2) is 0 Å². The van der Waals surface area contributed by atoms with E-state index in [4.69, 9.17) is 10.3 Å². The fourth-order valence-corrected chi connectivity index (χ4v) is 0. The molecule has 0 unspecified atom stereocenters. The van der Waals surface area contributed by atoms with Crippen molar-refractivity contribution in [2.24, 2.45) is 5.73 Å². The van der Waals surface area contributed by atoms with Gasteiger partial charge in [0.1, 0.15) is 0 Å². The van der Waals surface area contributed by atoms with Crippen LogP contribution in [0, 0.1) is 0 Å². The van der Waals surface area contributed by atoms with Gasteiger partial charge in [-0.3, -0.25) is 4.55 Å². The summed E-state index contributed by atoms with van der Waals surface area (Å²) in [5.41, 5.74) is 4.91. The van der Waals surface area contributed by atoms with E-state index in [1.807, 2.05) is 0 Å². The highest BCUT2D eigenvalue weighted by Crippen LogP contribution is 1.60. The first-order valence-corrected chi connectivity index (χ1v) is 4.00. The summed E-state index contributed by atoms with van der Waals surface area (Å²) in [7, 11) is -3.67. The van der Waals surface area contributed by atoms with Crippen molar-refractivity contribution in [1.29, 1.82) is 0 Å². The summed E-state index contributed by atoms with van der Waals surface area (Å²) < 4.78 is 25.9. The van der Waals surface area contributed by atoms with Crippen LogP contribution in [0.25, 0.3) is 0 Å². The minimum Gasteiger partial charge on any atom is -0.327 e. The Morgan fingerprint density at radius 2 is 1.89 bits per heavy atom. The van der Waals surface area contributed by atoms with E-state index in [9.17, 15) is 8.42 Å². The summed E-state index contributed by atoms with van der Waals surface area (Å²) >= 11 is 0. The molecule has 0 heterocycles. The normalized spacial score (nSPS) is 9.22. The molecule has 5 heteroatoms. The standard InChI is InChI=1S/C3H7N.CH4O3S/c1-2-3-4;1-5(2,3)4/h2H,1,3-4H2;1H3,(H,2,3,4). The summed E-state index contributed by atoms with van der Waals surface area (Å²) in [6, 6.07) is 0. The Morgan fingerprint density at radius 3 is 1.89 bits per heavy atom. The van der Waals surface area contributed by atoms with Gasteiger partial charge in [0.15, 0.2) is 0 Å². The second kappa shape index (κ2) is 5.74. The maximum absolute atomic E-state index is 9.19. The van der Waals surface area contributed by atoms with E-state index in [1.165, 1.54) is 0 Å². The molecule has 56 valence electrons. The average Bonchev–Trinajstić information content (AvgIpc) is 1.61. The summed E-state index contributed by atoms with van der Waals surface area (Å²) in [5, 5.41) is 0. The molecule has 0 aromatic carbocycles. The number of hydrogen-bond donors (Lipinski definition) is 2. The smallest absolute Gasteiger partial charge is 0.261 e. The summed E-state index contributed by atoms with van der Waals surface area (Å²) in [4.78, 5) is 0. The molecule has 0 bridgehead atoms. The van der Waals surface area contributed by atoms with Crippen LogP contribution in [0.2, 0.25) is 0 Å². The van der Waals surface area contributed by atoms with Crippen LogP contribution < -0.4 is 5.73 Å². The molecule has 3 N–H and O–H groups in total. The molecule has 0 spiro atoms. The van der Waals surface area contributed by atoms with Crippen molar-refractivity contribution in [3.8, 4) is 0 Å². The molecule has 0 aliphatic heterocycles. The molecule has 0 radical (unpaired) electrons. The Bertz CT molecular complexity index is 141. The van der Waals surface area contributed by atoms with Crippen LogP contribution in [0.4, 0.5) is 0 Å². The van der Waals surface area contributed by atoms with Crippen molar-refractivity contribution in [3.05, 3.63) is 12.7 Å². The molecule has 0 atom stereocenters. The fraction of sp³-hybridized carbons (Fsp3) is 0.500. The van der Waals surface area contributed by atoms with E-state index in [1.54, 1.807) is 6.08 Å². The molecule has 0 saturated carbocycles. The predicted molar refractivity (Wildman–Crippen MR) is 36.7 cm³/mol. The maximum atomic E-state index is 9.19. The third-order valence-electron chi connectivity index (χ3n) is 0.167. The van der Waals surface area contributed by atoms with E-state index in [0.717, 1.165) is 0 Å². The van der Waals surface area contributed by atoms with Gasteiger partial charge in [0.2, 0.25) is 0 Å². The van der Waals surface area contributed by atoms with Crippen molar-refractivity contribution >= 4 is 10.1 Å². The highest BCUT2D eigenvalue weighted by atomic mass is 32.2. The van der Waals surface area contributed by atoms with Crippen molar-refractivity contribution in [2.45, 2.75) is 0 Å². The van der Waals surface area contributed by atoms with Crippen LogP contribution in [0.15, 0.2) is 12.7 Å². The molecule has 0 aromatic rings. The van der Waals surface area contributed by atoms with Gasteiger partial charge in [-0.05, 0) is 0 Å². The van der Waals surface area contributed by atoms with Gasteiger partial charge in [0.25, 0.3) is 10.1 Å². The van der Waals surface area contributed by atoms with Crippen LogP contribution in [0.3, 0.4) is 0 Å². The molecule has 0 rings (SSSR count). The Balaban J connectivity index is 0. The highest BCUT2D eigenvalue weighted by Gasteiger charge is 1.81. The Kier molecular flexibility index (Phi) is 7.28. The van der Waals surface area contributed by atoms with E-state index in [-0.39, 0.29) is 0 Å². The predicted octanol–water partition coefficient (Wildman–Crippen LogP) is -0.365. The van der Waals surface area contributed by atoms with Crippen molar-refractivity contribution in [2.75, 3.05) is 12.8 Å². The van der Waals surface area contributed by atoms with Crippen molar-refractivity contribution in [3.63, 3.8) is 0 Å². The summed E-state index contributed by atoms with van der Waals surface area (Å²) in [6.07, 6.45) is 2.37. The lowest BCUT2D eigenvalue weighted by Gasteiger charge is -1.69. The van der Waals surface area contributed by atoms with Crippen molar-refractivity contribution in [1.82, 2.24) is 0 Å². The van der Waals surface area contributed by atoms with Crippen LogP contribution in [0.1, 0.15) is 0 Å². The van der Waals surface area contributed by atoms with E-state index >= 15 is 0 Å². The third-order valence-corrected chi connectivity index (χ3v) is 0.167. The van der Waals surface area contributed by atoms with Gasteiger partial charge in [-0.2, -0.15) is 8.42 Å². The SMILES string of the molecule is C=CCN.CS(=O)(=O)O. The lowest BCUT2D eigenvalue weighted by Crippen LogP contribution is -1.90. The Hall–Kier alpha value is -0.390. The van der Waals surface area contributed by atoms with E-state index in [0.29, 0.717) is 12.8 Å². The molecule has 9 heavy (non-hydrogen) atoms. The quantitative estimate of drug-likeness (QED) is 0.398. The average molecular weight is 153 g/mol. The van der Waals surface area contributed by atoms with Crippen LogP contribution in [0.5, 0.6) is 0 Å². The van der Waals surface area contributed by atoms with Gasteiger partial charge in [0.05, 0.1) is 6.26 Å². The van der Waals surface area contributed by atoms with Gasteiger partial charge in [-0.1, -0.05) is 6.08 Å². The zero-order chi connectivity index (χ0) is 7.91. The molecule has 0 aliphatic carbocycles. The monoisotopic (exact) mass is 153 g/mol. The minimum atomic E-state index is -3.67. The third kappa shape index (κ3) is 644. The number of rotatable bonds is 1. The minimum absolute atomic E-state index is 0.583. The van der Waals surface area contributed by atoms with Crippen LogP contribution >= 0.6 is 0 Å². The molecule has 0 aromatic heterocycles. The lowest BCUT2D eigenvalue weighted by atomic mass is 10.7. The van der Waals surface area contributed by atoms with Gasteiger partial charge < -0.3 is 5.73 Å². The molecule has 0 saturated heterocycles. The first-order valence-electron chi connectivity index (χ1n) is 2.15. The Labute approximate surface area is 55.1 Å². The zero-order valence-electron chi connectivity index (χ0n) is 5.24. The molecule has 4 nitrogen and oxygen atoms in total. The second-order valence-electron chi connectivity index (χ2n) is 1.26. The van der Waals surface area contributed by atoms with Crippen LogP contribution in [-0.4, -0.2) is 25.8 Å². The second-order valence-corrected chi connectivity index (χ2v) is 2.72. The van der Waals surface area contributed by atoms with Gasteiger partial charge in [-0.15, -0.1) is 6.58 Å². The summed E-state index contributed by atoms with van der Waals surface area (Å²) in [6.45, 7) is 3.94. The Morgan fingerprint density at radius 1 is 1.78 bits per heavy atom. The lowest BCUT2D eigenvalue weighted by molar-refractivity contribution is 0.490. The molecule has 0 fully saturated rings. The van der Waals surface area contributed by atoms with Crippen molar-refractivity contribution < 1.29 is 13.0 Å².